The molecule has 0 fully saturated rings. The van der Waals surface area contributed by atoms with Crippen molar-refractivity contribution in [2.45, 2.75) is 27.1 Å². The Balaban J connectivity index is 2.64. The molecule has 0 saturated carbocycles. The molecule has 1 aromatic carbocycles. The normalized spacial score (nSPS) is 11.0. The molecule has 102 valence electrons. The number of hydrogen-bond acceptors (Lipinski definition) is 3. The fourth-order valence-electron chi connectivity index (χ4n) is 1.52. The molecular formula is C13H19ClFNO2. The third-order valence-corrected chi connectivity index (χ3v) is 2.73. The minimum Gasteiger partial charge on any atom is -0.379 e. The molecule has 1 N–H and O–H groups in total. The maximum Gasteiger partial charge on any atom is 0.174 e. The molecule has 1 rings (SSSR count). The van der Waals surface area contributed by atoms with E-state index in [0.717, 1.165) is 0 Å². The molecule has 0 unspecified atom stereocenters. The third kappa shape index (κ3) is 4.44. The van der Waals surface area contributed by atoms with Crippen LogP contribution in [0.2, 0.25) is 5.02 Å². The monoisotopic (exact) mass is 275 g/mol. The van der Waals surface area contributed by atoms with Crippen molar-refractivity contribution < 1.29 is 13.9 Å². The number of hydrogen-bond donors (Lipinski definition) is 1. The fraction of sp³-hybridized carbons (Fsp3) is 0.538. The molecule has 0 radical (unpaired) electrons. The molecular weight excluding hydrogens is 257 g/mol. The number of aryl methyl sites for hydroxylation is 1. The van der Waals surface area contributed by atoms with Gasteiger partial charge >= 0.3 is 0 Å². The minimum absolute atomic E-state index is 0.309. The van der Waals surface area contributed by atoms with E-state index in [1.54, 1.807) is 13.0 Å². The Kier molecular flexibility index (Phi) is 6.39. The highest BCUT2D eigenvalue weighted by Crippen LogP contribution is 2.25. The number of halogens is 2. The van der Waals surface area contributed by atoms with Crippen LogP contribution in [0.4, 0.5) is 10.1 Å². The highest BCUT2D eigenvalue weighted by Gasteiger charge is 2.10. The Labute approximate surface area is 112 Å². The molecule has 3 nitrogen and oxygen atoms in total. The second kappa shape index (κ2) is 7.56. The number of anilines is 1. The molecule has 0 aliphatic heterocycles. The Hall–Kier alpha value is -0.840. The molecule has 0 atom stereocenters. The molecule has 0 aliphatic rings. The lowest BCUT2D eigenvalue weighted by atomic mass is 10.2. The van der Waals surface area contributed by atoms with Gasteiger partial charge in [0.15, 0.2) is 6.29 Å². The SMILES string of the molecule is CCOC(CNc1cc(C)c(F)cc1Cl)OCC. The standard InChI is InChI=1S/C13H19ClFNO2/c1-4-17-13(18-5-2)8-16-12-6-9(3)11(15)7-10(12)14/h6-7,13,16H,4-5,8H2,1-3H3. The molecule has 0 amide bonds. The van der Waals surface area contributed by atoms with E-state index in [2.05, 4.69) is 5.32 Å². The zero-order chi connectivity index (χ0) is 13.5. The summed E-state index contributed by atoms with van der Waals surface area (Å²) < 4.78 is 24.0. The molecule has 0 bridgehead atoms. The summed E-state index contributed by atoms with van der Waals surface area (Å²) in [5, 5.41) is 3.45. The van der Waals surface area contributed by atoms with Crippen molar-refractivity contribution in [3.8, 4) is 0 Å². The quantitative estimate of drug-likeness (QED) is 0.771. The number of rotatable bonds is 7. The van der Waals surface area contributed by atoms with E-state index in [1.165, 1.54) is 6.07 Å². The van der Waals surface area contributed by atoms with Crippen LogP contribution >= 0.6 is 11.6 Å². The summed E-state index contributed by atoms with van der Waals surface area (Å²) in [5.41, 5.74) is 1.23. The zero-order valence-corrected chi connectivity index (χ0v) is 11.7. The Morgan fingerprint density at radius 2 is 1.89 bits per heavy atom. The van der Waals surface area contributed by atoms with E-state index in [0.29, 0.717) is 36.0 Å². The Morgan fingerprint density at radius 3 is 2.44 bits per heavy atom. The van der Waals surface area contributed by atoms with Crippen molar-refractivity contribution in [2.75, 3.05) is 25.1 Å². The molecule has 1 aromatic rings. The highest BCUT2D eigenvalue weighted by molar-refractivity contribution is 6.33. The highest BCUT2D eigenvalue weighted by atomic mass is 35.5. The van der Waals surface area contributed by atoms with Gasteiger partial charge < -0.3 is 14.8 Å². The predicted molar refractivity (Wildman–Crippen MR) is 71.7 cm³/mol. The number of benzene rings is 1. The molecule has 0 saturated heterocycles. The average Bonchev–Trinajstić information content (AvgIpc) is 2.32. The Bertz CT molecular complexity index is 381. The van der Waals surface area contributed by atoms with Gasteiger partial charge in [-0.3, -0.25) is 0 Å². The molecule has 0 heterocycles. The van der Waals surface area contributed by atoms with E-state index in [1.807, 2.05) is 13.8 Å². The van der Waals surface area contributed by atoms with Crippen LogP contribution in [0.1, 0.15) is 19.4 Å². The van der Waals surface area contributed by atoms with Crippen molar-refractivity contribution in [1.29, 1.82) is 0 Å². The first-order valence-electron chi connectivity index (χ1n) is 6.01. The van der Waals surface area contributed by atoms with Crippen molar-refractivity contribution in [2.24, 2.45) is 0 Å². The zero-order valence-electron chi connectivity index (χ0n) is 10.9. The summed E-state index contributed by atoms with van der Waals surface area (Å²) >= 11 is 5.95. The lowest BCUT2D eigenvalue weighted by Crippen LogP contribution is -2.26. The summed E-state index contributed by atoms with van der Waals surface area (Å²) in [6.45, 7) is 7.11. The van der Waals surface area contributed by atoms with Crippen LogP contribution in [-0.4, -0.2) is 26.0 Å². The second-order valence-corrected chi connectivity index (χ2v) is 4.21. The van der Waals surface area contributed by atoms with Gasteiger partial charge in [-0.25, -0.2) is 4.39 Å². The van der Waals surface area contributed by atoms with Crippen molar-refractivity contribution in [3.05, 3.63) is 28.5 Å². The predicted octanol–water partition coefficient (Wildman–Crippen LogP) is 3.60. The topological polar surface area (TPSA) is 30.5 Å². The summed E-state index contributed by atoms with van der Waals surface area (Å²) in [4.78, 5) is 0. The first kappa shape index (κ1) is 15.2. The van der Waals surface area contributed by atoms with Crippen molar-refractivity contribution >= 4 is 17.3 Å². The van der Waals surface area contributed by atoms with Gasteiger partial charge in [-0.15, -0.1) is 0 Å². The van der Waals surface area contributed by atoms with Crippen LogP contribution in [0, 0.1) is 12.7 Å². The number of ether oxygens (including phenoxy) is 2. The van der Waals surface area contributed by atoms with Gasteiger partial charge in [0.05, 0.1) is 17.3 Å². The molecule has 0 aliphatic carbocycles. The second-order valence-electron chi connectivity index (χ2n) is 3.80. The van der Waals surface area contributed by atoms with Crippen molar-refractivity contribution in [3.63, 3.8) is 0 Å². The van der Waals surface area contributed by atoms with E-state index in [-0.39, 0.29) is 12.1 Å². The van der Waals surface area contributed by atoms with E-state index < -0.39 is 0 Å². The molecule has 0 aromatic heterocycles. The Morgan fingerprint density at radius 1 is 1.28 bits per heavy atom. The summed E-state index contributed by atoms with van der Waals surface area (Å²) in [5.74, 6) is -0.309. The number of nitrogens with one attached hydrogen (secondary N) is 1. The molecule has 0 spiro atoms. The van der Waals surface area contributed by atoms with Crippen LogP contribution in [0.5, 0.6) is 0 Å². The summed E-state index contributed by atoms with van der Waals surface area (Å²) in [7, 11) is 0. The maximum atomic E-state index is 13.2. The summed E-state index contributed by atoms with van der Waals surface area (Å²) in [6.07, 6.45) is -0.332. The minimum atomic E-state index is -0.332. The van der Waals surface area contributed by atoms with E-state index in [4.69, 9.17) is 21.1 Å². The first-order chi connectivity index (χ1) is 8.58. The largest absolute Gasteiger partial charge is 0.379 e. The van der Waals surface area contributed by atoms with Crippen molar-refractivity contribution in [1.82, 2.24) is 0 Å². The van der Waals surface area contributed by atoms with E-state index in [9.17, 15) is 4.39 Å². The van der Waals surface area contributed by atoms with Gasteiger partial charge in [-0.1, -0.05) is 11.6 Å². The average molecular weight is 276 g/mol. The van der Waals surface area contributed by atoms with Gasteiger partial charge in [-0.2, -0.15) is 0 Å². The van der Waals surface area contributed by atoms with E-state index >= 15 is 0 Å². The van der Waals surface area contributed by atoms with Gasteiger partial charge in [0.1, 0.15) is 5.82 Å². The van der Waals surface area contributed by atoms with Crippen LogP contribution < -0.4 is 5.32 Å². The summed E-state index contributed by atoms with van der Waals surface area (Å²) in [6, 6.07) is 2.97. The first-order valence-corrected chi connectivity index (χ1v) is 6.39. The van der Waals surface area contributed by atoms with Gasteiger partial charge in [0.2, 0.25) is 0 Å². The van der Waals surface area contributed by atoms with Crippen LogP contribution in [-0.2, 0) is 9.47 Å². The smallest absolute Gasteiger partial charge is 0.174 e. The van der Waals surface area contributed by atoms with Crippen LogP contribution in [0.25, 0.3) is 0 Å². The molecule has 5 heteroatoms. The van der Waals surface area contributed by atoms with Crippen LogP contribution in [0.3, 0.4) is 0 Å². The maximum absolute atomic E-state index is 13.2. The lowest BCUT2D eigenvalue weighted by molar-refractivity contribution is -0.126. The fourth-order valence-corrected chi connectivity index (χ4v) is 1.74. The van der Waals surface area contributed by atoms with Gasteiger partial charge in [0, 0.05) is 13.2 Å². The lowest BCUT2D eigenvalue weighted by Gasteiger charge is -2.18. The van der Waals surface area contributed by atoms with Crippen LogP contribution in [0.15, 0.2) is 12.1 Å². The third-order valence-electron chi connectivity index (χ3n) is 2.41. The molecule has 18 heavy (non-hydrogen) atoms. The van der Waals surface area contributed by atoms with Gasteiger partial charge in [0.25, 0.3) is 0 Å². The van der Waals surface area contributed by atoms with Gasteiger partial charge in [-0.05, 0) is 38.5 Å².